The molecule has 0 bridgehead atoms. The van der Waals surface area contributed by atoms with Gasteiger partial charge in [0.2, 0.25) is 0 Å². The number of nitrogens with one attached hydrogen (secondary N) is 1. The van der Waals surface area contributed by atoms with Crippen molar-refractivity contribution in [1.29, 1.82) is 0 Å². The molecule has 0 aliphatic carbocycles. The van der Waals surface area contributed by atoms with Crippen molar-refractivity contribution in [1.82, 2.24) is 4.90 Å². The minimum atomic E-state index is -0.454. The molecule has 132 valence electrons. The summed E-state index contributed by atoms with van der Waals surface area (Å²) in [5, 5.41) is 3.56. The van der Waals surface area contributed by atoms with E-state index in [9.17, 15) is 4.79 Å². The zero-order valence-electron chi connectivity index (χ0n) is 15.2. The minimum Gasteiger partial charge on any atom is -0.372 e. The van der Waals surface area contributed by atoms with E-state index in [4.69, 9.17) is 0 Å². The van der Waals surface area contributed by atoms with Crippen molar-refractivity contribution >= 4 is 11.5 Å². The van der Waals surface area contributed by atoms with Crippen molar-refractivity contribution in [2.75, 3.05) is 25.0 Å². The maximum Gasteiger partial charge on any atom is 0.155 e. The number of hydrogen-bond donors (Lipinski definition) is 1. The number of anilines is 1. The average molecular weight is 336 g/mol. The van der Waals surface area contributed by atoms with Crippen LogP contribution in [0.15, 0.2) is 60.7 Å². The van der Waals surface area contributed by atoms with E-state index in [1.807, 2.05) is 30.3 Å². The van der Waals surface area contributed by atoms with E-state index >= 15 is 0 Å². The largest absolute Gasteiger partial charge is 0.372 e. The molecule has 1 aliphatic heterocycles. The summed E-state index contributed by atoms with van der Waals surface area (Å²) in [7, 11) is 0. The summed E-state index contributed by atoms with van der Waals surface area (Å²) >= 11 is 0. The molecule has 1 N–H and O–H groups in total. The van der Waals surface area contributed by atoms with E-state index in [0.29, 0.717) is 0 Å². The minimum absolute atomic E-state index is 0.242. The molecule has 1 heterocycles. The summed E-state index contributed by atoms with van der Waals surface area (Å²) in [6.07, 6.45) is 1.92. The van der Waals surface area contributed by atoms with Crippen LogP contribution in [-0.4, -0.2) is 35.9 Å². The highest BCUT2D eigenvalue weighted by Crippen LogP contribution is 2.32. The first kappa shape index (κ1) is 17.7. The molecule has 3 heteroatoms. The lowest BCUT2D eigenvalue weighted by Crippen LogP contribution is -2.59. The number of para-hydroxylation sites is 1. The van der Waals surface area contributed by atoms with Crippen LogP contribution in [0.1, 0.15) is 25.8 Å². The van der Waals surface area contributed by atoms with E-state index in [1.165, 1.54) is 5.56 Å². The Labute approximate surface area is 151 Å². The van der Waals surface area contributed by atoms with Crippen molar-refractivity contribution < 1.29 is 4.79 Å². The Bertz CT molecular complexity index is 686. The highest BCUT2D eigenvalue weighted by Gasteiger charge is 2.44. The number of rotatable bonds is 6. The highest BCUT2D eigenvalue weighted by molar-refractivity contribution is 5.89. The van der Waals surface area contributed by atoms with Gasteiger partial charge in [0.05, 0.1) is 0 Å². The van der Waals surface area contributed by atoms with Gasteiger partial charge >= 0.3 is 0 Å². The third-order valence-electron chi connectivity index (χ3n) is 5.52. The number of carbonyl (C=O) groups is 1. The molecule has 1 saturated heterocycles. The molecular weight excluding hydrogens is 308 g/mol. The maximum atomic E-state index is 12.5. The fourth-order valence-electron chi connectivity index (χ4n) is 3.93. The summed E-state index contributed by atoms with van der Waals surface area (Å²) < 4.78 is 0. The van der Waals surface area contributed by atoms with Crippen LogP contribution >= 0.6 is 0 Å². The summed E-state index contributed by atoms with van der Waals surface area (Å²) in [5.74, 6) is 0.515. The van der Waals surface area contributed by atoms with Crippen molar-refractivity contribution in [3.63, 3.8) is 0 Å². The lowest BCUT2D eigenvalue weighted by atomic mass is 9.75. The SMILES string of the molecule is CC(=O)C1(Nc2ccccc2)CCN(CCc2ccccc2)CC1C. The molecule has 2 atom stereocenters. The Hall–Kier alpha value is -2.13. The summed E-state index contributed by atoms with van der Waals surface area (Å²) in [5.41, 5.74) is 1.95. The highest BCUT2D eigenvalue weighted by atomic mass is 16.1. The standard InChI is InChI=1S/C22H28N2O/c1-18-17-24(15-13-20-9-5-3-6-10-20)16-14-22(18,19(2)25)23-21-11-7-4-8-12-21/h3-12,18,23H,13-17H2,1-2H3. The van der Waals surface area contributed by atoms with E-state index < -0.39 is 5.54 Å². The second-order valence-electron chi connectivity index (χ2n) is 7.21. The van der Waals surface area contributed by atoms with Gasteiger partial charge in [-0.2, -0.15) is 0 Å². The van der Waals surface area contributed by atoms with Gasteiger partial charge in [0.25, 0.3) is 0 Å². The molecule has 2 aromatic rings. The fourth-order valence-corrected chi connectivity index (χ4v) is 3.93. The van der Waals surface area contributed by atoms with E-state index in [1.54, 1.807) is 6.92 Å². The zero-order valence-corrected chi connectivity index (χ0v) is 15.2. The molecule has 1 aliphatic rings. The van der Waals surface area contributed by atoms with Gasteiger partial charge in [-0.1, -0.05) is 55.5 Å². The Morgan fingerprint density at radius 2 is 1.76 bits per heavy atom. The van der Waals surface area contributed by atoms with Gasteiger partial charge in [-0.05, 0) is 43.4 Å². The van der Waals surface area contributed by atoms with Gasteiger partial charge in [0.1, 0.15) is 5.54 Å². The van der Waals surface area contributed by atoms with Crippen LogP contribution in [0.2, 0.25) is 0 Å². The van der Waals surface area contributed by atoms with Crippen LogP contribution in [-0.2, 0) is 11.2 Å². The van der Waals surface area contributed by atoms with E-state index in [-0.39, 0.29) is 11.7 Å². The Kier molecular flexibility index (Phi) is 5.54. The van der Waals surface area contributed by atoms with Gasteiger partial charge in [0, 0.05) is 25.3 Å². The Morgan fingerprint density at radius 3 is 2.36 bits per heavy atom. The number of hydrogen-bond acceptors (Lipinski definition) is 3. The third-order valence-corrected chi connectivity index (χ3v) is 5.52. The fraction of sp³-hybridized carbons (Fsp3) is 0.409. The molecule has 0 saturated carbocycles. The lowest BCUT2D eigenvalue weighted by Gasteiger charge is -2.46. The van der Waals surface area contributed by atoms with Crippen LogP contribution < -0.4 is 5.32 Å². The average Bonchev–Trinajstić information content (AvgIpc) is 2.63. The van der Waals surface area contributed by atoms with Gasteiger partial charge in [-0.3, -0.25) is 4.79 Å². The van der Waals surface area contributed by atoms with Gasteiger partial charge in [-0.25, -0.2) is 0 Å². The van der Waals surface area contributed by atoms with E-state index in [0.717, 1.165) is 38.2 Å². The molecule has 2 aromatic carbocycles. The molecule has 2 unspecified atom stereocenters. The topological polar surface area (TPSA) is 32.3 Å². The smallest absolute Gasteiger partial charge is 0.155 e. The summed E-state index contributed by atoms with van der Waals surface area (Å²) in [4.78, 5) is 15.0. The molecule has 0 radical (unpaired) electrons. The number of ketones is 1. The second-order valence-corrected chi connectivity index (χ2v) is 7.21. The third kappa shape index (κ3) is 4.10. The van der Waals surface area contributed by atoms with Crippen LogP contribution in [0.4, 0.5) is 5.69 Å². The lowest BCUT2D eigenvalue weighted by molar-refractivity contribution is -0.124. The molecule has 1 fully saturated rings. The van der Waals surface area contributed by atoms with Crippen LogP contribution in [0, 0.1) is 5.92 Å². The zero-order chi connectivity index (χ0) is 17.7. The predicted octanol–water partition coefficient (Wildman–Crippen LogP) is 4.01. The molecule has 25 heavy (non-hydrogen) atoms. The van der Waals surface area contributed by atoms with Gasteiger partial charge in [0.15, 0.2) is 5.78 Å². The van der Waals surface area contributed by atoms with Crippen LogP contribution in [0.5, 0.6) is 0 Å². The molecule has 3 rings (SSSR count). The van der Waals surface area contributed by atoms with Gasteiger partial charge < -0.3 is 10.2 Å². The quantitative estimate of drug-likeness (QED) is 0.865. The Morgan fingerprint density at radius 1 is 1.12 bits per heavy atom. The van der Waals surface area contributed by atoms with Crippen molar-refractivity contribution in [2.45, 2.75) is 32.2 Å². The second kappa shape index (κ2) is 7.83. The normalized spacial score (nSPS) is 24.0. The number of carbonyl (C=O) groups excluding carboxylic acids is 1. The Balaban J connectivity index is 1.65. The molecule has 3 nitrogen and oxygen atoms in total. The number of Topliss-reactive ketones (excluding diaryl/α,β-unsaturated/α-hetero) is 1. The predicted molar refractivity (Wildman–Crippen MR) is 104 cm³/mol. The number of likely N-dealkylation sites (tertiary alicyclic amines) is 1. The van der Waals surface area contributed by atoms with Crippen LogP contribution in [0.25, 0.3) is 0 Å². The summed E-state index contributed by atoms with van der Waals surface area (Å²) in [6.45, 7) is 6.88. The molecule has 0 spiro atoms. The summed E-state index contributed by atoms with van der Waals surface area (Å²) in [6, 6.07) is 20.7. The number of benzene rings is 2. The molecule has 0 aromatic heterocycles. The van der Waals surface area contributed by atoms with Gasteiger partial charge in [-0.15, -0.1) is 0 Å². The molecular formula is C22H28N2O. The molecule has 0 amide bonds. The van der Waals surface area contributed by atoms with Crippen molar-refractivity contribution in [3.8, 4) is 0 Å². The monoisotopic (exact) mass is 336 g/mol. The van der Waals surface area contributed by atoms with Crippen molar-refractivity contribution in [3.05, 3.63) is 66.2 Å². The maximum absolute atomic E-state index is 12.5. The number of piperidine rings is 1. The number of nitrogens with zero attached hydrogens (tertiary/aromatic N) is 1. The van der Waals surface area contributed by atoms with Crippen LogP contribution in [0.3, 0.4) is 0 Å². The first-order chi connectivity index (χ1) is 12.1. The van der Waals surface area contributed by atoms with Crippen molar-refractivity contribution in [2.24, 2.45) is 5.92 Å². The van der Waals surface area contributed by atoms with E-state index in [2.05, 4.69) is 47.5 Å². The first-order valence-corrected chi connectivity index (χ1v) is 9.21. The first-order valence-electron chi connectivity index (χ1n) is 9.21.